The second-order valence-electron chi connectivity index (χ2n) is 5.56. The van der Waals surface area contributed by atoms with E-state index in [9.17, 15) is 4.79 Å². The first kappa shape index (κ1) is 15.6. The molecule has 118 valence electrons. The van der Waals surface area contributed by atoms with Crippen molar-refractivity contribution in [2.45, 2.75) is 20.3 Å². The van der Waals surface area contributed by atoms with Crippen molar-refractivity contribution in [3.63, 3.8) is 0 Å². The third-order valence-corrected chi connectivity index (χ3v) is 4.39. The van der Waals surface area contributed by atoms with Crippen molar-refractivity contribution in [3.8, 4) is 0 Å². The van der Waals surface area contributed by atoms with Gasteiger partial charge in [-0.15, -0.1) is 0 Å². The minimum atomic E-state index is -0.171. The molecule has 0 saturated carbocycles. The van der Waals surface area contributed by atoms with Crippen LogP contribution < -0.4 is 5.32 Å². The van der Waals surface area contributed by atoms with Gasteiger partial charge in [-0.1, -0.05) is 24.6 Å². The molecule has 4 nitrogen and oxygen atoms in total. The highest BCUT2D eigenvalue weighted by Crippen LogP contribution is 2.22. The van der Waals surface area contributed by atoms with E-state index >= 15 is 0 Å². The summed E-state index contributed by atoms with van der Waals surface area (Å²) in [5.74, 6) is 0.832. The van der Waals surface area contributed by atoms with Gasteiger partial charge >= 0.3 is 0 Å². The molecule has 0 aliphatic rings. The van der Waals surface area contributed by atoms with Crippen LogP contribution in [0.1, 0.15) is 28.7 Å². The Kier molecular flexibility index (Phi) is 4.09. The van der Waals surface area contributed by atoms with Crippen LogP contribution in [0.5, 0.6) is 0 Å². The van der Waals surface area contributed by atoms with Crippen molar-refractivity contribution < 1.29 is 4.79 Å². The first-order valence-corrected chi connectivity index (χ1v) is 7.90. The van der Waals surface area contributed by atoms with Gasteiger partial charge in [0.15, 0.2) is 0 Å². The summed E-state index contributed by atoms with van der Waals surface area (Å²) < 4.78 is 2.05. The van der Waals surface area contributed by atoms with Crippen LogP contribution in [0.3, 0.4) is 0 Å². The first-order chi connectivity index (χ1) is 11.0. The molecule has 0 saturated heterocycles. The third kappa shape index (κ3) is 2.94. The number of fused-ring (bicyclic) bond motifs is 1. The van der Waals surface area contributed by atoms with Gasteiger partial charge < -0.3 is 9.88 Å². The average molecular weight is 328 g/mol. The molecule has 0 radical (unpaired) electrons. The quantitative estimate of drug-likeness (QED) is 0.777. The Bertz CT molecular complexity index is 899. The number of imidazole rings is 1. The van der Waals surface area contributed by atoms with Gasteiger partial charge in [0.25, 0.3) is 5.91 Å². The highest BCUT2D eigenvalue weighted by molar-refractivity contribution is 6.31. The van der Waals surface area contributed by atoms with E-state index in [1.54, 1.807) is 6.07 Å². The smallest absolute Gasteiger partial charge is 0.255 e. The molecular formula is C18H18ClN3O. The molecule has 1 heterocycles. The van der Waals surface area contributed by atoms with E-state index in [0.29, 0.717) is 16.3 Å². The molecule has 1 aromatic heterocycles. The van der Waals surface area contributed by atoms with Crippen LogP contribution in [-0.2, 0) is 13.5 Å². The Balaban J connectivity index is 1.89. The second kappa shape index (κ2) is 6.05. The van der Waals surface area contributed by atoms with Gasteiger partial charge in [0.05, 0.1) is 11.0 Å². The van der Waals surface area contributed by atoms with Crippen LogP contribution in [0, 0.1) is 6.92 Å². The summed E-state index contributed by atoms with van der Waals surface area (Å²) in [7, 11) is 1.99. The summed E-state index contributed by atoms with van der Waals surface area (Å²) in [6.45, 7) is 3.99. The van der Waals surface area contributed by atoms with Gasteiger partial charge in [-0.25, -0.2) is 4.98 Å². The van der Waals surface area contributed by atoms with E-state index in [0.717, 1.165) is 28.8 Å². The molecule has 5 heteroatoms. The van der Waals surface area contributed by atoms with E-state index in [4.69, 9.17) is 11.6 Å². The van der Waals surface area contributed by atoms with E-state index < -0.39 is 0 Å². The predicted octanol–water partition coefficient (Wildman–Crippen LogP) is 4.35. The Labute approximate surface area is 140 Å². The summed E-state index contributed by atoms with van der Waals surface area (Å²) in [4.78, 5) is 17.0. The number of hydrogen-bond acceptors (Lipinski definition) is 2. The zero-order chi connectivity index (χ0) is 16.6. The van der Waals surface area contributed by atoms with Crippen molar-refractivity contribution in [1.82, 2.24) is 9.55 Å². The van der Waals surface area contributed by atoms with Gasteiger partial charge in [0.1, 0.15) is 5.82 Å². The maximum atomic E-state index is 12.4. The Morgan fingerprint density at radius 2 is 2.04 bits per heavy atom. The number of nitrogens with zero attached hydrogens (tertiary/aromatic N) is 2. The van der Waals surface area contributed by atoms with Crippen molar-refractivity contribution in [1.29, 1.82) is 0 Å². The molecular weight excluding hydrogens is 310 g/mol. The van der Waals surface area contributed by atoms with E-state index in [1.165, 1.54) is 0 Å². The summed E-state index contributed by atoms with van der Waals surface area (Å²) in [6.07, 6.45) is 0.856. The number of carbonyl (C=O) groups excluding carboxylic acids is 1. The van der Waals surface area contributed by atoms with Crippen LogP contribution >= 0.6 is 11.6 Å². The molecule has 0 atom stereocenters. The molecule has 1 amide bonds. The maximum absolute atomic E-state index is 12.4. The molecule has 23 heavy (non-hydrogen) atoms. The van der Waals surface area contributed by atoms with Gasteiger partial charge in [0.2, 0.25) is 0 Å². The lowest BCUT2D eigenvalue weighted by Gasteiger charge is -2.07. The Morgan fingerprint density at radius 3 is 2.74 bits per heavy atom. The second-order valence-corrected chi connectivity index (χ2v) is 5.97. The molecule has 0 unspecified atom stereocenters. The van der Waals surface area contributed by atoms with Crippen LogP contribution in [0.15, 0.2) is 36.4 Å². The highest BCUT2D eigenvalue weighted by Gasteiger charge is 2.11. The van der Waals surface area contributed by atoms with Crippen molar-refractivity contribution in [2.75, 3.05) is 5.32 Å². The van der Waals surface area contributed by atoms with Crippen LogP contribution in [0.2, 0.25) is 5.02 Å². The van der Waals surface area contributed by atoms with Crippen LogP contribution in [0.4, 0.5) is 5.69 Å². The number of aromatic nitrogens is 2. The summed E-state index contributed by atoms with van der Waals surface area (Å²) in [5, 5.41) is 3.50. The number of anilines is 1. The number of nitrogens with one attached hydrogen (secondary N) is 1. The van der Waals surface area contributed by atoms with Gasteiger partial charge in [-0.05, 0) is 42.8 Å². The van der Waals surface area contributed by atoms with E-state index in [-0.39, 0.29) is 5.91 Å². The zero-order valence-electron chi connectivity index (χ0n) is 13.4. The summed E-state index contributed by atoms with van der Waals surface area (Å²) in [5.41, 5.74) is 4.10. The van der Waals surface area contributed by atoms with E-state index in [2.05, 4.69) is 21.8 Å². The molecule has 0 spiro atoms. The summed E-state index contributed by atoms with van der Waals surface area (Å²) in [6, 6.07) is 11.0. The lowest BCUT2D eigenvalue weighted by molar-refractivity contribution is 0.102. The predicted molar refractivity (Wildman–Crippen MR) is 94.2 cm³/mol. The topological polar surface area (TPSA) is 46.9 Å². The molecule has 0 bridgehead atoms. The molecule has 1 N–H and O–H groups in total. The number of aryl methyl sites for hydroxylation is 3. The molecule has 0 aliphatic heterocycles. The summed E-state index contributed by atoms with van der Waals surface area (Å²) >= 11 is 6.09. The Morgan fingerprint density at radius 1 is 1.26 bits per heavy atom. The van der Waals surface area contributed by atoms with Crippen LogP contribution in [-0.4, -0.2) is 15.5 Å². The minimum Gasteiger partial charge on any atom is -0.331 e. The molecule has 0 fully saturated rings. The SMILES string of the molecule is CCc1nc2cc(C(=O)Nc3ccc(C)c(Cl)c3)ccc2n1C. The molecule has 3 rings (SSSR count). The fourth-order valence-corrected chi connectivity index (χ4v) is 2.76. The standard InChI is InChI=1S/C18H18ClN3O/c1-4-17-21-15-9-12(6-8-16(15)22(17)3)18(23)20-13-7-5-11(2)14(19)10-13/h5-10H,4H2,1-3H3,(H,20,23). The number of halogens is 1. The number of amides is 1. The van der Waals surface area contributed by atoms with Crippen molar-refractivity contribution >= 4 is 34.2 Å². The first-order valence-electron chi connectivity index (χ1n) is 7.52. The lowest BCUT2D eigenvalue weighted by Crippen LogP contribution is -2.11. The van der Waals surface area contributed by atoms with Crippen molar-refractivity contribution in [3.05, 3.63) is 58.4 Å². The number of benzene rings is 2. The molecule has 2 aromatic carbocycles. The third-order valence-electron chi connectivity index (χ3n) is 3.98. The van der Waals surface area contributed by atoms with Gasteiger partial charge in [0, 0.05) is 29.7 Å². The number of carbonyl (C=O) groups is 1. The molecule has 3 aromatic rings. The highest BCUT2D eigenvalue weighted by atomic mass is 35.5. The maximum Gasteiger partial charge on any atom is 0.255 e. The van der Waals surface area contributed by atoms with Crippen molar-refractivity contribution in [2.24, 2.45) is 7.05 Å². The fourth-order valence-electron chi connectivity index (χ4n) is 2.58. The monoisotopic (exact) mass is 327 g/mol. The number of rotatable bonds is 3. The fraction of sp³-hybridized carbons (Fsp3) is 0.222. The van der Waals surface area contributed by atoms with Gasteiger partial charge in [-0.3, -0.25) is 4.79 Å². The zero-order valence-corrected chi connectivity index (χ0v) is 14.1. The van der Waals surface area contributed by atoms with Gasteiger partial charge in [-0.2, -0.15) is 0 Å². The Hall–Kier alpha value is -2.33. The normalized spacial score (nSPS) is 11.0. The minimum absolute atomic E-state index is 0.171. The largest absolute Gasteiger partial charge is 0.331 e. The average Bonchev–Trinajstić information content (AvgIpc) is 2.86. The lowest BCUT2D eigenvalue weighted by atomic mass is 10.1. The van der Waals surface area contributed by atoms with Crippen LogP contribution in [0.25, 0.3) is 11.0 Å². The molecule has 0 aliphatic carbocycles. The number of hydrogen-bond donors (Lipinski definition) is 1. The van der Waals surface area contributed by atoms with E-state index in [1.807, 2.05) is 44.3 Å².